The first kappa shape index (κ1) is 46.6. The Bertz CT molecular complexity index is 2890. The topological polar surface area (TPSA) is 222 Å². The molecule has 6 aromatic rings. The summed E-state index contributed by atoms with van der Waals surface area (Å²) in [5.74, 6) is 0.182. The van der Waals surface area contributed by atoms with Crippen LogP contribution in [0.3, 0.4) is 0 Å². The molecule has 2 atom stereocenters. The number of amides is 1. The van der Waals surface area contributed by atoms with E-state index in [0.717, 1.165) is 89.9 Å². The predicted octanol–water partition coefficient (Wildman–Crippen LogP) is 6.62. The summed E-state index contributed by atoms with van der Waals surface area (Å²) in [5.41, 5.74) is 8.50. The van der Waals surface area contributed by atoms with Crippen molar-refractivity contribution in [1.82, 2.24) is 39.4 Å². The van der Waals surface area contributed by atoms with Gasteiger partial charge in [-0.05, 0) is 140 Å². The lowest BCUT2D eigenvalue weighted by molar-refractivity contribution is 0.0600. The van der Waals surface area contributed by atoms with E-state index in [1.807, 2.05) is 41.9 Å². The second-order valence-electron chi connectivity index (χ2n) is 16.5. The number of pyridine rings is 2. The van der Waals surface area contributed by atoms with Gasteiger partial charge in [0, 0.05) is 17.9 Å². The molecule has 0 spiro atoms. The van der Waals surface area contributed by atoms with Gasteiger partial charge in [-0.2, -0.15) is 0 Å². The summed E-state index contributed by atoms with van der Waals surface area (Å²) in [6.07, 6.45) is 8.36. The second kappa shape index (κ2) is 19.2. The number of fused-ring (bicyclic) bond motifs is 2. The van der Waals surface area contributed by atoms with Crippen LogP contribution in [0.1, 0.15) is 117 Å². The molecule has 336 valence electrons. The predicted molar refractivity (Wildman–Crippen MR) is 243 cm³/mol. The molecule has 17 nitrogen and oxygen atoms in total. The molecule has 4 aromatic heterocycles. The Hall–Kier alpha value is -5.92. The lowest BCUT2D eigenvalue weighted by Gasteiger charge is -2.34. The average Bonchev–Trinajstić information content (AvgIpc) is 3.84. The largest absolute Gasteiger partial charge is 0.478 e. The number of aromatic nitrogens is 6. The summed E-state index contributed by atoms with van der Waals surface area (Å²) in [6, 6.07) is 18.0. The third kappa shape index (κ3) is 12.0. The van der Waals surface area contributed by atoms with E-state index >= 15 is 0 Å². The first-order valence-corrected chi connectivity index (χ1v) is 24.6. The number of aromatic carboxylic acids is 1. The van der Waals surface area contributed by atoms with E-state index in [1.54, 1.807) is 36.1 Å². The van der Waals surface area contributed by atoms with E-state index in [9.17, 15) is 26.4 Å². The smallest absolute Gasteiger partial charge is 0.337 e. The van der Waals surface area contributed by atoms with Crippen molar-refractivity contribution >= 4 is 54.6 Å². The molecule has 8 rings (SSSR count). The van der Waals surface area contributed by atoms with Gasteiger partial charge in [0.1, 0.15) is 0 Å². The Morgan fingerprint density at radius 3 is 1.68 bits per heavy atom. The van der Waals surface area contributed by atoms with Crippen molar-refractivity contribution in [2.75, 3.05) is 35.0 Å². The fraction of sp³-hybridized carbons (Fsp3) is 0.409. The van der Waals surface area contributed by atoms with Gasteiger partial charge < -0.3 is 15.3 Å². The molecule has 4 N–H and O–H groups in total. The van der Waals surface area contributed by atoms with E-state index in [4.69, 9.17) is 15.2 Å². The minimum atomic E-state index is -3.52. The number of carbonyl (C=O) groups is 2. The molecule has 1 amide bonds. The number of hydrogen-bond donors (Lipinski definition) is 4. The van der Waals surface area contributed by atoms with Crippen LogP contribution in [0.2, 0.25) is 0 Å². The Labute approximate surface area is 368 Å². The number of likely N-dealkylation sites (tertiary alicyclic amines) is 1. The highest BCUT2D eigenvalue weighted by Crippen LogP contribution is 2.33. The first-order chi connectivity index (χ1) is 29.7. The third-order valence-electron chi connectivity index (χ3n) is 10.6. The van der Waals surface area contributed by atoms with Gasteiger partial charge in [-0.25, -0.2) is 40.6 Å². The van der Waals surface area contributed by atoms with Gasteiger partial charge in [-0.1, -0.05) is 29.7 Å². The van der Waals surface area contributed by atoms with Gasteiger partial charge in [-0.15, -0.1) is 10.2 Å². The number of aryl methyl sites for hydroxylation is 6. The van der Waals surface area contributed by atoms with E-state index in [2.05, 4.69) is 50.8 Å². The maximum absolute atomic E-state index is 13.6. The fourth-order valence-corrected chi connectivity index (χ4v) is 9.02. The molecule has 0 radical (unpaired) electrons. The molecule has 19 heteroatoms. The van der Waals surface area contributed by atoms with Crippen LogP contribution in [-0.2, 0) is 20.0 Å². The standard InChI is InChI=1S/C22H27N5O3S.C13H18N4.C9H11NO4S/c1-14-8-9-18(25-31(4,29)30)17(12-14)22(28)26-10-6-5-7-19(26)21-23-20-13-15(2)11-16(3)27(20)24-21;1-9-7-10(2)17-12(8-9)15-13(16-17)11-5-3-4-6-14-11;1-6-3-4-8(10-15(2,13)14)7(5-6)9(11)12/h8-9,11-13,19,25H,5-7,10H2,1-4H3;7-8,11,14H,3-6H2,1-2H3;3-5,10H,1-2H3,(H,11,12)/t19-;11-;/m00./s1. The molecule has 0 saturated carbocycles. The van der Waals surface area contributed by atoms with Crippen LogP contribution in [0.15, 0.2) is 60.7 Å². The highest BCUT2D eigenvalue weighted by atomic mass is 32.2. The van der Waals surface area contributed by atoms with Crippen LogP contribution >= 0.6 is 0 Å². The quantitative estimate of drug-likeness (QED) is 0.127. The number of rotatable bonds is 8. The molecule has 2 aromatic carbocycles. The van der Waals surface area contributed by atoms with Gasteiger partial charge in [0.25, 0.3) is 5.91 Å². The molecular weight excluding hydrogens is 845 g/mol. The lowest BCUT2D eigenvalue weighted by atomic mass is 9.99. The van der Waals surface area contributed by atoms with Crippen LogP contribution < -0.4 is 14.8 Å². The maximum atomic E-state index is 13.6. The maximum Gasteiger partial charge on any atom is 0.337 e. The first-order valence-electron chi connectivity index (χ1n) is 20.8. The summed E-state index contributed by atoms with van der Waals surface area (Å²) in [4.78, 5) is 35.6. The molecule has 6 heterocycles. The van der Waals surface area contributed by atoms with Crippen molar-refractivity contribution in [2.24, 2.45) is 0 Å². The summed E-state index contributed by atoms with van der Waals surface area (Å²) in [5, 5.41) is 21.7. The van der Waals surface area contributed by atoms with E-state index in [1.165, 1.54) is 30.5 Å². The Kier molecular flexibility index (Phi) is 14.2. The minimum absolute atomic E-state index is 0.0552. The summed E-state index contributed by atoms with van der Waals surface area (Å²) >= 11 is 0. The van der Waals surface area contributed by atoms with Gasteiger partial charge in [0.2, 0.25) is 20.0 Å². The van der Waals surface area contributed by atoms with Crippen LogP contribution in [0.4, 0.5) is 11.4 Å². The minimum Gasteiger partial charge on any atom is -0.478 e. The number of carbonyl (C=O) groups excluding carboxylic acids is 1. The molecule has 2 aliphatic heterocycles. The highest BCUT2D eigenvalue weighted by Gasteiger charge is 2.33. The summed E-state index contributed by atoms with van der Waals surface area (Å²) < 4.78 is 53.9. The molecule has 63 heavy (non-hydrogen) atoms. The number of nitrogens with zero attached hydrogens (tertiary/aromatic N) is 7. The van der Waals surface area contributed by atoms with Crippen molar-refractivity contribution in [3.63, 3.8) is 0 Å². The number of carboxylic acid groups (broad SMARTS) is 1. The summed E-state index contributed by atoms with van der Waals surface area (Å²) in [7, 11) is -6.98. The normalized spacial score (nSPS) is 16.7. The molecule has 2 fully saturated rings. The van der Waals surface area contributed by atoms with Gasteiger partial charge >= 0.3 is 5.97 Å². The van der Waals surface area contributed by atoms with E-state index in [-0.39, 0.29) is 28.9 Å². The van der Waals surface area contributed by atoms with Crippen molar-refractivity contribution in [1.29, 1.82) is 0 Å². The number of piperidine rings is 2. The van der Waals surface area contributed by atoms with Crippen LogP contribution in [0.5, 0.6) is 0 Å². The molecule has 0 aliphatic carbocycles. The van der Waals surface area contributed by atoms with Crippen LogP contribution in [0, 0.1) is 41.5 Å². The Balaban J connectivity index is 0.000000174. The van der Waals surface area contributed by atoms with Crippen molar-refractivity contribution in [3.8, 4) is 0 Å². The zero-order chi connectivity index (χ0) is 45.8. The number of anilines is 2. The summed E-state index contributed by atoms with van der Waals surface area (Å²) in [6.45, 7) is 13.4. The monoisotopic (exact) mass is 900 g/mol. The van der Waals surface area contributed by atoms with Crippen LogP contribution in [0.25, 0.3) is 11.3 Å². The molecular formula is C44H56N10O7S2. The Morgan fingerprint density at radius 2 is 1.16 bits per heavy atom. The lowest BCUT2D eigenvalue weighted by Crippen LogP contribution is -2.39. The fourth-order valence-electron chi connectivity index (χ4n) is 7.87. The van der Waals surface area contributed by atoms with Gasteiger partial charge in [-0.3, -0.25) is 14.2 Å². The van der Waals surface area contributed by atoms with Crippen LogP contribution in [-0.4, -0.2) is 93.5 Å². The van der Waals surface area contributed by atoms with Crippen molar-refractivity contribution < 1.29 is 31.5 Å². The highest BCUT2D eigenvalue weighted by molar-refractivity contribution is 7.92. The number of nitrogens with one attached hydrogen (secondary N) is 3. The van der Waals surface area contributed by atoms with Gasteiger partial charge in [0.05, 0.1) is 47.1 Å². The third-order valence-corrected chi connectivity index (χ3v) is 11.8. The Morgan fingerprint density at radius 1 is 0.651 bits per heavy atom. The SMILES string of the molecule is Cc1cc(C)n2nc([C@@H]3CCCCN3)nc2c1.Cc1ccc(NS(C)(=O)=O)c(C(=O)N2CCCC[C@H]2c2nc3cc(C)cc(C)n3n2)c1.Cc1ccc(NS(C)(=O)=O)c(C(=O)O)c1. The average molecular weight is 901 g/mol. The van der Waals surface area contributed by atoms with E-state index < -0.39 is 26.0 Å². The number of sulfonamides is 2. The molecule has 2 aliphatic rings. The molecule has 0 bridgehead atoms. The van der Waals surface area contributed by atoms with E-state index in [0.29, 0.717) is 24.0 Å². The zero-order valence-electron chi connectivity index (χ0n) is 36.9. The molecule has 0 unspecified atom stereocenters. The number of benzene rings is 2. The molecule has 2 saturated heterocycles. The number of hydrogen-bond acceptors (Lipinski definition) is 11. The second-order valence-corrected chi connectivity index (χ2v) is 20.0. The number of carboxylic acids is 1. The van der Waals surface area contributed by atoms with Crippen molar-refractivity contribution in [2.45, 2.75) is 92.2 Å². The zero-order valence-corrected chi connectivity index (χ0v) is 38.6. The van der Waals surface area contributed by atoms with Crippen molar-refractivity contribution in [3.05, 3.63) is 117 Å². The van der Waals surface area contributed by atoms with Gasteiger partial charge in [0.15, 0.2) is 22.9 Å².